The predicted octanol–water partition coefficient (Wildman–Crippen LogP) is 3.02. The summed E-state index contributed by atoms with van der Waals surface area (Å²) in [6, 6.07) is 4.48. The largest absolute Gasteiger partial charge is 0.375 e. The topological polar surface area (TPSA) is 74.8 Å². The van der Waals surface area contributed by atoms with Crippen LogP contribution in [0.3, 0.4) is 0 Å². The van der Waals surface area contributed by atoms with Crippen LogP contribution >= 0.6 is 0 Å². The van der Waals surface area contributed by atoms with Gasteiger partial charge < -0.3 is 14.5 Å². The first kappa shape index (κ1) is 24.3. The van der Waals surface area contributed by atoms with Gasteiger partial charge in [0.1, 0.15) is 11.6 Å². The van der Waals surface area contributed by atoms with Gasteiger partial charge in [-0.05, 0) is 45.1 Å². The number of aromatic nitrogens is 1. The molecule has 176 valence electrons. The molecule has 0 unspecified atom stereocenters. The minimum Gasteiger partial charge on any atom is -0.375 e. The summed E-state index contributed by atoms with van der Waals surface area (Å²) in [4.78, 5) is 6.07. The lowest BCUT2D eigenvalue weighted by atomic mass is 10.0. The van der Waals surface area contributed by atoms with E-state index in [0.717, 1.165) is 12.1 Å². The number of nitrogens with zero attached hydrogens (tertiary/aromatic N) is 3. The molecule has 0 bridgehead atoms. The fourth-order valence-electron chi connectivity index (χ4n) is 4.13. The number of anilines is 2. The van der Waals surface area contributed by atoms with E-state index in [4.69, 9.17) is 4.74 Å². The minimum atomic E-state index is -4.69. The molecule has 1 fully saturated rings. The molecule has 3 rings (SSSR count). The fraction of sp³-hybridized carbons (Fsp3) is 0.476. The van der Waals surface area contributed by atoms with Gasteiger partial charge in [-0.15, -0.1) is 0 Å². The summed E-state index contributed by atoms with van der Waals surface area (Å²) in [5.74, 6) is -3.71. The molecule has 1 atom stereocenters. The standard InChI is InChI=1S/C21H27F3N4O3S/c1-5-14-16(28-10-9-21(13-28,31-4)12-27(2)3)11-15(22)20(19(14)24)32(29,30)26-18-8-6-7-17(23)25-18/h6-8,11H,5,9-10,12-13H2,1-4H3,(H,25,26)/t21-/m0/s1. The highest BCUT2D eigenvalue weighted by Gasteiger charge is 2.40. The Morgan fingerprint density at radius 1 is 1.28 bits per heavy atom. The van der Waals surface area contributed by atoms with Gasteiger partial charge in [-0.1, -0.05) is 13.0 Å². The highest BCUT2D eigenvalue weighted by atomic mass is 32.2. The van der Waals surface area contributed by atoms with E-state index >= 15 is 8.78 Å². The molecule has 2 aromatic rings. The van der Waals surface area contributed by atoms with Crippen LogP contribution in [0.15, 0.2) is 29.2 Å². The van der Waals surface area contributed by atoms with E-state index in [1.54, 1.807) is 14.0 Å². The van der Waals surface area contributed by atoms with Gasteiger partial charge in [-0.2, -0.15) is 4.39 Å². The fourth-order valence-corrected chi connectivity index (χ4v) is 5.30. The third-order valence-corrected chi connectivity index (χ3v) is 6.91. The Morgan fingerprint density at radius 3 is 2.59 bits per heavy atom. The number of sulfonamides is 1. The summed E-state index contributed by atoms with van der Waals surface area (Å²) >= 11 is 0. The number of likely N-dealkylation sites (N-methyl/N-ethyl adjacent to an activating group) is 1. The van der Waals surface area contributed by atoms with Gasteiger partial charge in [-0.25, -0.2) is 22.2 Å². The normalized spacial score (nSPS) is 19.1. The molecule has 0 radical (unpaired) electrons. The van der Waals surface area contributed by atoms with E-state index in [2.05, 4.69) is 4.98 Å². The molecule has 1 saturated heterocycles. The van der Waals surface area contributed by atoms with Gasteiger partial charge in [-0.3, -0.25) is 4.72 Å². The molecule has 11 heteroatoms. The summed E-state index contributed by atoms with van der Waals surface area (Å²) in [6.45, 7) is 3.21. The number of hydrogen-bond acceptors (Lipinski definition) is 6. The van der Waals surface area contributed by atoms with Crippen molar-refractivity contribution in [3.63, 3.8) is 0 Å². The van der Waals surface area contributed by atoms with Crippen LogP contribution in [0.5, 0.6) is 0 Å². The van der Waals surface area contributed by atoms with Gasteiger partial charge in [0.25, 0.3) is 10.0 Å². The summed E-state index contributed by atoms with van der Waals surface area (Å²) in [5, 5.41) is 0. The highest BCUT2D eigenvalue weighted by molar-refractivity contribution is 7.92. The lowest BCUT2D eigenvalue weighted by Gasteiger charge is -2.31. The van der Waals surface area contributed by atoms with Gasteiger partial charge in [0, 0.05) is 38.0 Å². The minimum absolute atomic E-state index is 0.0794. The number of methoxy groups -OCH3 is 1. The Balaban J connectivity index is 1.99. The Morgan fingerprint density at radius 2 is 2.00 bits per heavy atom. The van der Waals surface area contributed by atoms with Crippen LogP contribution in [0.1, 0.15) is 18.9 Å². The Kier molecular flexibility index (Phi) is 7.01. The zero-order chi connectivity index (χ0) is 23.7. The van der Waals surface area contributed by atoms with Crippen molar-refractivity contribution >= 4 is 21.5 Å². The van der Waals surface area contributed by atoms with Crippen LogP contribution in [0.4, 0.5) is 24.7 Å². The number of pyridine rings is 1. The van der Waals surface area contributed by atoms with Crippen LogP contribution in [-0.2, 0) is 21.2 Å². The molecule has 0 spiro atoms. The van der Waals surface area contributed by atoms with Gasteiger partial charge in [0.05, 0.1) is 5.60 Å². The maximum Gasteiger partial charge on any atom is 0.268 e. The first-order valence-corrected chi connectivity index (χ1v) is 11.6. The average molecular weight is 473 g/mol. The molecule has 1 aliphatic heterocycles. The molecule has 1 aromatic carbocycles. The second-order valence-electron chi connectivity index (χ2n) is 8.10. The van der Waals surface area contributed by atoms with Crippen molar-refractivity contribution in [2.24, 2.45) is 0 Å². The third-order valence-electron chi connectivity index (χ3n) is 5.52. The van der Waals surface area contributed by atoms with Crippen molar-refractivity contribution in [3.05, 3.63) is 47.4 Å². The van der Waals surface area contributed by atoms with Crippen molar-refractivity contribution in [1.29, 1.82) is 0 Å². The predicted molar refractivity (Wildman–Crippen MR) is 116 cm³/mol. The zero-order valence-electron chi connectivity index (χ0n) is 18.5. The Bertz CT molecular complexity index is 1100. The van der Waals surface area contributed by atoms with Crippen LogP contribution in [0.2, 0.25) is 0 Å². The van der Waals surface area contributed by atoms with Crippen molar-refractivity contribution in [1.82, 2.24) is 9.88 Å². The van der Waals surface area contributed by atoms with Crippen molar-refractivity contribution in [2.45, 2.75) is 30.3 Å². The smallest absolute Gasteiger partial charge is 0.268 e. The molecule has 7 nitrogen and oxygen atoms in total. The van der Waals surface area contributed by atoms with E-state index < -0.39 is 38.1 Å². The van der Waals surface area contributed by atoms with Gasteiger partial charge in [0.2, 0.25) is 5.95 Å². The zero-order valence-corrected chi connectivity index (χ0v) is 19.3. The maximum atomic E-state index is 15.4. The van der Waals surface area contributed by atoms with E-state index in [1.807, 2.05) is 28.6 Å². The monoisotopic (exact) mass is 472 g/mol. The molecule has 1 aromatic heterocycles. The van der Waals surface area contributed by atoms with E-state index in [0.29, 0.717) is 31.7 Å². The number of benzene rings is 1. The maximum absolute atomic E-state index is 15.4. The van der Waals surface area contributed by atoms with E-state index in [9.17, 15) is 12.8 Å². The lowest BCUT2D eigenvalue weighted by Crippen LogP contribution is -2.44. The van der Waals surface area contributed by atoms with Crippen LogP contribution in [0.25, 0.3) is 0 Å². The summed E-state index contributed by atoms with van der Waals surface area (Å²) in [6.07, 6.45) is 0.799. The van der Waals surface area contributed by atoms with E-state index in [-0.39, 0.29) is 17.8 Å². The first-order valence-electron chi connectivity index (χ1n) is 10.1. The van der Waals surface area contributed by atoms with Crippen LogP contribution in [-0.4, -0.2) is 64.7 Å². The van der Waals surface area contributed by atoms with E-state index in [1.165, 1.54) is 12.1 Å². The molecule has 0 amide bonds. The van der Waals surface area contributed by atoms with Crippen LogP contribution in [0, 0.1) is 17.6 Å². The molecule has 0 saturated carbocycles. The molecule has 1 N–H and O–H groups in total. The first-order chi connectivity index (χ1) is 15.0. The van der Waals surface area contributed by atoms with Gasteiger partial charge >= 0.3 is 0 Å². The van der Waals surface area contributed by atoms with Gasteiger partial charge in [0.15, 0.2) is 10.7 Å². The summed E-state index contributed by atoms with van der Waals surface area (Å²) < 4.78 is 76.9. The third kappa shape index (κ3) is 4.84. The molecule has 32 heavy (non-hydrogen) atoms. The van der Waals surface area contributed by atoms with Crippen molar-refractivity contribution < 1.29 is 26.3 Å². The lowest BCUT2D eigenvalue weighted by molar-refractivity contribution is -0.0100. The second-order valence-corrected chi connectivity index (χ2v) is 9.72. The molecule has 1 aliphatic rings. The molecule has 2 heterocycles. The quantitative estimate of drug-likeness (QED) is 0.596. The molecular weight excluding hydrogens is 445 g/mol. The number of rotatable bonds is 8. The van der Waals surface area contributed by atoms with Crippen molar-refractivity contribution in [3.8, 4) is 0 Å². The number of halogens is 3. The Hall–Kier alpha value is -2.37. The Labute approximate surface area is 186 Å². The van der Waals surface area contributed by atoms with Crippen LogP contribution < -0.4 is 9.62 Å². The molecule has 0 aliphatic carbocycles. The number of hydrogen-bond donors (Lipinski definition) is 1. The number of ether oxygens (including phenoxy) is 1. The average Bonchev–Trinajstić information content (AvgIpc) is 3.10. The second kappa shape index (κ2) is 9.24. The highest BCUT2D eigenvalue weighted by Crippen LogP contribution is 2.36. The molecular formula is C21H27F3N4O3S. The van der Waals surface area contributed by atoms with Crippen molar-refractivity contribution in [2.75, 3.05) is 50.5 Å². The summed E-state index contributed by atoms with van der Waals surface area (Å²) in [5.41, 5.74) is -0.129. The number of nitrogens with one attached hydrogen (secondary N) is 1. The summed E-state index contributed by atoms with van der Waals surface area (Å²) in [7, 11) is 0.755. The SMILES string of the molecule is CCc1c(N2CC[C@@](CN(C)C)(OC)C2)cc(F)c(S(=O)(=O)Nc2cccc(F)n2)c1F.